The Morgan fingerprint density at radius 1 is 1.04 bits per heavy atom. The van der Waals surface area contributed by atoms with Crippen molar-refractivity contribution in [1.82, 2.24) is 26.2 Å². The molecule has 13 nitrogen and oxygen atoms in total. The zero-order valence-corrected chi connectivity index (χ0v) is 28.4. The minimum absolute atomic E-state index is 0.0915. The monoisotopic (exact) mass is 737 g/mol. The van der Waals surface area contributed by atoms with E-state index in [0.717, 1.165) is 11.0 Å². The number of amides is 5. The number of ether oxygens (including phenoxy) is 1. The molecule has 2 aliphatic rings. The second-order valence-electron chi connectivity index (χ2n) is 12.4. The van der Waals surface area contributed by atoms with E-state index in [1.807, 2.05) is 0 Å². The number of nitrogens with zero attached hydrogens (tertiary/aromatic N) is 1. The minimum Gasteiger partial charge on any atom is -0.484 e. The van der Waals surface area contributed by atoms with Crippen molar-refractivity contribution in [1.29, 1.82) is 0 Å². The first kappa shape index (κ1) is 38.9. The molecule has 4 rings (SSSR count). The molecule has 2 aromatic carbocycles. The molecule has 0 radical (unpaired) electrons. The molecule has 0 bridgehead atoms. The second-order valence-corrected chi connectivity index (χ2v) is 12.9. The summed E-state index contributed by atoms with van der Waals surface area (Å²) in [6, 6.07) is 4.52. The van der Waals surface area contributed by atoms with Crippen molar-refractivity contribution in [3.8, 4) is 5.75 Å². The maximum atomic E-state index is 14.1. The van der Waals surface area contributed by atoms with Gasteiger partial charge in [-0.15, -0.1) is 0 Å². The van der Waals surface area contributed by atoms with Crippen LogP contribution in [-0.4, -0.2) is 89.4 Å². The highest BCUT2D eigenvalue weighted by Gasteiger charge is 2.43. The third-order valence-corrected chi connectivity index (χ3v) is 8.81. The topological polar surface area (TPSA) is 183 Å². The average Bonchev–Trinajstić information content (AvgIpc) is 3.47. The number of carboxylic acid groups (broad SMARTS) is 1. The molecule has 0 aromatic heterocycles. The lowest BCUT2D eigenvalue weighted by Crippen LogP contribution is -2.55. The minimum atomic E-state index is -4.70. The summed E-state index contributed by atoms with van der Waals surface area (Å²) >= 11 is 5.99. The van der Waals surface area contributed by atoms with E-state index in [4.69, 9.17) is 16.3 Å². The number of hydrogen-bond acceptors (Lipinski definition) is 7. The molecule has 0 unspecified atom stereocenters. The van der Waals surface area contributed by atoms with Crippen LogP contribution in [0.2, 0.25) is 5.02 Å². The molecule has 17 heteroatoms. The predicted molar refractivity (Wildman–Crippen MR) is 176 cm³/mol. The summed E-state index contributed by atoms with van der Waals surface area (Å²) in [7, 11) is 0. The van der Waals surface area contributed by atoms with Gasteiger partial charge in [0.2, 0.25) is 23.6 Å². The molecule has 4 atom stereocenters. The van der Waals surface area contributed by atoms with Crippen LogP contribution in [-0.2, 0) is 41.4 Å². The molecular formula is C34H39ClF3N5O8. The van der Waals surface area contributed by atoms with Crippen molar-refractivity contribution in [2.24, 2.45) is 0 Å². The summed E-state index contributed by atoms with van der Waals surface area (Å²) in [5.41, 5.74) is -0.574. The van der Waals surface area contributed by atoms with Crippen LogP contribution in [0.15, 0.2) is 42.5 Å². The standard InChI is InChI=1S/C34H39ClF3N5O8/c1-19-14-21(35)9-11-27(19)51-18-30(46)41-24-8-4-5-13-39-28(44)12-10-25(33(49)50)42-31(47)26-16-22(17-43(26)32(24)48)40-29(45)15-20-6-2-3-7-23(20)34(36,37)38/h2-3,6-7,9,11,14,22,24-26H,4-5,8,10,12-13,15-18H2,1H3,(H,39,44)(H,40,45)(H,41,46)(H,42,47)(H,49,50)/t22-,24+,25+,26+/m1/s1. The SMILES string of the molecule is Cc1cc(Cl)ccc1OCC(=O)N[C@H]1CCCCNC(=O)CC[C@@H](C(=O)O)NC(=O)[C@@H]2C[C@@H](NC(=O)Cc3ccccc3C(F)(F)F)CN2C1=O. The normalized spacial score (nSPS) is 22.1. The van der Waals surface area contributed by atoms with Gasteiger partial charge in [-0.1, -0.05) is 29.8 Å². The van der Waals surface area contributed by atoms with Gasteiger partial charge < -0.3 is 36.0 Å². The van der Waals surface area contributed by atoms with Crippen LogP contribution in [0.25, 0.3) is 0 Å². The van der Waals surface area contributed by atoms with E-state index in [2.05, 4.69) is 21.3 Å². The lowest BCUT2D eigenvalue weighted by atomic mass is 10.0. The van der Waals surface area contributed by atoms with Crippen LogP contribution in [0.1, 0.15) is 55.2 Å². The van der Waals surface area contributed by atoms with Gasteiger partial charge in [0.15, 0.2) is 6.61 Å². The Morgan fingerprint density at radius 3 is 2.49 bits per heavy atom. The molecule has 0 saturated carbocycles. The Hall–Kier alpha value is -4.86. The van der Waals surface area contributed by atoms with Gasteiger partial charge in [-0.2, -0.15) is 13.2 Å². The Bertz CT molecular complexity index is 1640. The number of nitrogens with one attached hydrogen (secondary N) is 4. The molecule has 5 N–H and O–H groups in total. The number of fused-ring (bicyclic) bond motifs is 1. The highest BCUT2D eigenvalue weighted by atomic mass is 35.5. The number of benzene rings is 2. The maximum Gasteiger partial charge on any atom is 0.416 e. The van der Waals surface area contributed by atoms with Gasteiger partial charge >= 0.3 is 12.1 Å². The summed E-state index contributed by atoms with van der Waals surface area (Å²) in [5, 5.41) is 20.5. The van der Waals surface area contributed by atoms with E-state index in [0.29, 0.717) is 29.2 Å². The number of carbonyl (C=O) groups is 6. The number of aryl methyl sites for hydroxylation is 1. The molecule has 2 saturated heterocycles. The summed E-state index contributed by atoms with van der Waals surface area (Å²) in [4.78, 5) is 79.2. The Labute approximate surface area is 296 Å². The number of alkyl halides is 3. The Kier molecular flexibility index (Phi) is 13.3. The summed E-state index contributed by atoms with van der Waals surface area (Å²) in [6.45, 7) is 1.23. The van der Waals surface area contributed by atoms with Gasteiger partial charge in [0, 0.05) is 30.6 Å². The summed E-state index contributed by atoms with van der Waals surface area (Å²) in [5.74, 6) is -4.48. The fourth-order valence-electron chi connectivity index (χ4n) is 6.04. The van der Waals surface area contributed by atoms with Crippen molar-refractivity contribution in [3.05, 3.63) is 64.2 Å². The number of hydrogen-bond donors (Lipinski definition) is 5. The molecule has 51 heavy (non-hydrogen) atoms. The summed E-state index contributed by atoms with van der Waals surface area (Å²) in [6.07, 6.45) is -5.11. The Morgan fingerprint density at radius 2 is 1.78 bits per heavy atom. The first-order chi connectivity index (χ1) is 24.1. The predicted octanol–water partition coefficient (Wildman–Crippen LogP) is 2.51. The van der Waals surface area contributed by atoms with Gasteiger partial charge in [-0.05, 0) is 74.4 Å². The van der Waals surface area contributed by atoms with Crippen molar-refractivity contribution >= 4 is 47.1 Å². The number of carboxylic acids is 1. The van der Waals surface area contributed by atoms with Crippen LogP contribution < -0.4 is 26.0 Å². The van der Waals surface area contributed by atoms with Gasteiger partial charge in [-0.3, -0.25) is 24.0 Å². The van der Waals surface area contributed by atoms with E-state index in [9.17, 15) is 47.0 Å². The second kappa shape index (κ2) is 17.4. The van der Waals surface area contributed by atoms with Crippen molar-refractivity contribution in [2.45, 2.75) is 82.2 Å². The van der Waals surface area contributed by atoms with Gasteiger partial charge in [-0.25, -0.2) is 4.79 Å². The average molecular weight is 738 g/mol. The summed E-state index contributed by atoms with van der Waals surface area (Å²) < 4.78 is 46.2. The number of halogens is 4. The van der Waals surface area contributed by atoms with Gasteiger partial charge in [0.25, 0.3) is 5.91 Å². The van der Waals surface area contributed by atoms with Gasteiger partial charge in [0.05, 0.1) is 12.0 Å². The molecule has 2 heterocycles. The van der Waals surface area contributed by atoms with E-state index in [-0.39, 0.29) is 44.3 Å². The molecule has 2 aliphatic heterocycles. The molecular weight excluding hydrogens is 699 g/mol. The number of rotatable bonds is 8. The third kappa shape index (κ3) is 11.1. The smallest absolute Gasteiger partial charge is 0.416 e. The quantitative estimate of drug-likeness (QED) is 0.274. The van der Waals surface area contributed by atoms with Gasteiger partial charge in [0.1, 0.15) is 23.9 Å². The highest BCUT2D eigenvalue weighted by Crippen LogP contribution is 2.32. The largest absolute Gasteiger partial charge is 0.484 e. The molecule has 0 spiro atoms. The molecule has 276 valence electrons. The van der Waals surface area contributed by atoms with E-state index in [1.165, 1.54) is 18.2 Å². The Balaban J connectivity index is 1.56. The molecule has 5 amide bonds. The zero-order valence-electron chi connectivity index (χ0n) is 27.7. The van der Waals surface area contributed by atoms with Crippen molar-refractivity contribution < 1.29 is 51.8 Å². The van der Waals surface area contributed by atoms with Crippen LogP contribution >= 0.6 is 11.6 Å². The van der Waals surface area contributed by atoms with Crippen LogP contribution in [0, 0.1) is 6.92 Å². The van der Waals surface area contributed by atoms with E-state index in [1.54, 1.807) is 25.1 Å². The van der Waals surface area contributed by atoms with E-state index >= 15 is 0 Å². The number of carbonyl (C=O) groups excluding carboxylic acids is 5. The molecule has 0 aliphatic carbocycles. The first-order valence-electron chi connectivity index (χ1n) is 16.4. The number of aliphatic carboxylic acids is 1. The van der Waals surface area contributed by atoms with Crippen LogP contribution in [0.5, 0.6) is 5.75 Å². The van der Waals surface area contributed by atoms with E-state index < -0.39 is 84.4 Å². The highest BCUT2D eigenvalue weighted by molar-refractivity contribution is 6.30. The maximum absolute atomic E-state index is 14.1. The van der Waals surface area contributed by atoms with Crippen molar-refractivity contribution in [3.63, 3.8) is 0 Å². The fourth-order valence-corrected chi connectivity index (χ4v) is 6.26. The first-order valence-corrected chi connectivity index (χ1v) is 16.7. The fraction of sp³-hybridized carbons (Fsp3) is 0.471. The molecule has 2 fully saturated rings. The third-order valence-electron chi connectivity index (χ3n) is 8.57. The lowest BCUT2D eigenvalue weighted by Gasteiger charge is -2.29. The van der Waals surface area contributed by atoms with Crippen molar-refractivity contribution in [2.75, 3.05) is 19.7 Å². The lowest BCUT2D eigenvalue weighted by molar-refractivity contribution is -0.145. The molecule has 2 aromatic rings. The zero-order chi connectivity index (χ0) is 37.3. The van der Waals surface area contributed by atoms with Crippen LogP contribution in [0.3, 0.4) is 0 Å². The van der Waals surface area contributed by atoms with Crippen LogP contribution in [0.4, 0.5) is 13.2 Å².